The molecule has 0 aliphatic rings. The summed E-state index contributed by atoms with van der Waals surface area (Å²) in [6.45, 7) is 3.72. The summed E-state index contributed by atoms with van der Waals surface area (Å²) in [6.07, 6.45) is 0.522. The Morgan fingerprint density at radius 3 is 2.60 bits per heavy atom. The average Bonchev–Trinajstić information content (AvgIpc) is 2.45. The summed E-state index contributed by atoms with van der Waals surface area (Å²) >= 11 is 0. The number of Topliss-reactive ketones (excluding diaryl/α,β-unsaturated/α-hetero) is 1. The lowest BCUT2D eigenvalue weighted by molar-refractivity contribution is -0.137. The van der Waals surface area contributed by atoms with Gasteiger partial charge in [0.2, 0.25) is 0 Å². The van der Waals surface area contributed by atoms with E-state index in [1.165, 1.54) is 0 Å². The summed E-state index contributed by atoms with van der Waals surface area (Å²) in [6, 6.07) is 8.04. The Morgan fingerprint density at radius 1 is 1.30 bits per heavy atom. The Bertz CT molecular complexity index is 419. The van der Waals surface area contributed by atoms with Crippen molar-refractivity contribution in [3.8, 4) is 0 Å². The van der Waals surface area contributed by atoms with Gasteiger partial charge in [0.05, 0.1) is 12.5 Å². The highest BCUT2D eigenvalue weighted by Gasteiger charge is 2.21. The van der Waals surface area contributed by atoms with Crippen molar-refractivity contribution in [3.63, 3.8) is 0 Å². The molecule has 0 fully saturated rings. The van der Waals surface area contributed by atoms with Crippen LogP contribution in [0.15, 0.2) is 30.3 Å². The van der Waals surface area contributed by atoms with Crippen LogP contribution in [-0.2, 0) is 9.53 Å². The zero-order chi connectivity index (χ0) is 14.8. The van der Waals surface area contributed by atoms with Crippen molar-refractivity contribution in [3.05, 3.63) is 35.9 Å². The normalized spacial score (nSPS) is 12.1. The van der Waals surface area contributed by atoms with Gasteiger partial charge in [-0.2, -0.15) is 0 Å². The molecule has 1 unspecified atom stereocenters. The Balaban J connectivity index is 2.55. The number of ketones is 1. The molecule has 0 saturated heterocycles. The van der Waals surface area contributed by atoms with Crippen molar-refractivity contribution < 1.29 is 19.4 Å². The molecular formula is C15H21NO4. The number of rotatable bonds is 10. The fourth-order valence-electron chi connectivity index (χ4n) is 1.83. The summed E-state index contributed by atoms with van der Waals surface area (Å²) in [5.74, 6) is -1.18. The van der Waals surface area contributed by atoms with Crippen LogP contribution in [0.3, 0.4) is 0 Å². The van der Waals surface area contributed by atoms with Crippen LogP contribution in [0.4, 0.5) is 0 Å². The third-order valence-electron chi connectivity index (χ3n) is 2.81. The molecule has 1 aromatic carbocycles. The molecule has 0 radical (unpaired) electrons. The molecule has 1 atom stereocenters. The Labute approximate surface area is 118 Å². The number of hydrogen-bond donors (Lipinski definition) is 2. The van der Waals surface area contributed by atoms with Crippen LogP contribution in [0.2, 0.25) is 0 Å². The number of hydrogen-bond acceptors (Lipinski definition) is 4. The predicted molar refractivity (Wildman–Crippen MR) is 75.9 cm³/mol. The molecule has 110 valence electrons. The second-order valence-electron chi connectivity index (χ2n) is 4.39. The number of carbonyl (C=O) groups is 2. The lowest BCUT2D eigenvalue weighted by Crippen LogP contribution is -2.39. The fourth-order valence-corrected chi connectivity index (χ4v) is 1.83. The second kappa shape index (κ2) is 9.23. The van der Waals surface area contributed by atoms with Gasteiger partial charge in [0, 0.05) is 18.8 Å². The minimum Gasteiger partial charge on any atom is -0.481 e. The van der Waals surface area contributed by atoms with E-state index in [9.17, 15) is 9.59 Å². The maximum atomic E-state index is 12.2. The summed E-state index contributed by atoms with van der Waals surface area (Å²) in [5, 5.41) is 11.9. The molecule has 2 N–H and O–H groups in total. The van der Waals surface area contributed by atoms with Gasteiger partial charge in [-0.25, -0.2) is 0 Å². The minimum atomic E-state index is -0.989. The van der Waals surface area contributed by atoms with Gasteiger partial charge in [-0.3, -0.25) is 9.59 Å². The van der Waals surface area contributed by atoms with Gasteiger partial charge in [0.15, 0.2) is 5.78 Å². The highest BCUT2D eigenvalue weighted by Crippen LogP contribution is 2.06. The number of carbonyl (C=O) groups excluding carboxylic acids is 1. The number of benzene rings is 1. The Kier molecular flexibility index (Phi) is 7.54. The van der Waals surface area contributed by atoms with Crippen LogP contribution in [0.25, 0.3) is 0 Å². The van der Waals surface area contributed by atoms with Crippen molar-refractivity contribution >= 4 is 11.8 Å². The van der Waals surface area contributed by atoms with Gasteiger partial charge in [0.25, 0.3) is 0 Å². The molecule has 20 heavy (non-hydrogen) atoms. The molecule has 0 saturated carbocycles. The summed E-state index contributed by atoms with van der Waals surface area (Å²) in [4.78, 5) is 23.1. The lowest BCUT2D eigenvalue weighted by atomic mass is 10.0. The van der Waals surface area contributed by atoms with Crippen molar-refractivity contribution in [2.24, 2.45) is 0 Å². The first-order valence-corrected chi connectivity index (χ1v) is 6.77. The molecule has 1 rings (SSSR count). The highest BCUT2D eigenvalue weighted by molar-refractivity contribution is 6.01. The third kappa shape index (κ3) is 5.95. The van der Waals surface area contributed by atoms with Gasteiger partial charge >= 0.3 is 5.97 Å². The SMILES string of the molecule is CCOCCCNC(CC(=O)O)C(=O)c1ccccc1. The first-order chi connectivity index (χ1) is 9.65. The molecule has 0 aliphatic heterocycles. The van der Waals surface area contributed by atoms with Gasteiger partial charge in [-0.05, 0) is 19.9 Å². The Morgan fingerprint density at radius 2 is 2.00 bits per heavy atom. The molecule has 0 heterocycles. The van der Waals surface area contributed by atoms with E-state index in [0.717, 1.165) is 6.42 Å². The number of carboxylic acid groups (broad SMARTS) is 1. The smallest absolute Gasteiger partial charge is 0.305 e. The highest BCUT2D eigenvalue weighted by atomic mass is 16.5. The van der Waals surface area contributed by atoms with Crippen molar-refractivity contribution in [1.82, 2.24) is 5.32 Å². The molecule has 5 heteroatoms. The molecule has 5 nitrogen and oxygen atoms in total. The van der Waals surface area contributed by atoms with Crippen LogP contribution in [0.1, 0.15) is 30.1 Å². The number of aliphatic carboxylic acids is 1. The second-order valence-corrected chi connectivity index (χ2v) is 4.39. The zero-order valence-corrected chi connectivity index (χ0v) is 11.7. The topological polar surface area (TPSA) is 75.6 Å². The molecule has 0 aliphatic carbocycles. The maximum Gasteiger partial charge on any atom is 0.305 e. The fraction of sp³-hybridized carbons (Fsp3) is 0.467. The van der Waals surface area contributed by atoms with Crippen molar-refractivity contribution in [1.29, 1.82) is 0 Å². The number of carboxylic acids is 1. The zero-order valence-electron chi connectivity index (χ0n) is 11.7. The van der Waals surface area contributed by atoms with E-state index in [2.05, 4.69) is 5.32 Å². The standard InChI is InChI=1S/C15H21NO4/c1-2-20-10-6-9-16-13(11-14(17)18)15(19)12-7-4-3-5-8-12/h3-5,7-8,13,16H,2,6,9-11H2,1H3,(H,17,18). The van der Waals surface area contributed by atoms with E-state index in [1.807, 2.05) is 13.0 Å². The Hall–Kier alpha value is -1.72. The quantitative estimate of drug-likeness (QED) is 0.504. The molecule has 0 aromatic heterocycles. The third-order valence-corrected chi connectivity index (χ3v) is 2.81. The van der Waals surface area contributed by atoms with Crippen LogP contribution in [0, 0.1) is 0 Å². The predicted octanol–water partition coefficient (Wildman–Crippen LogP) is 1.73. The van der Waals surface area contributed by atoms with E-state index in [1.54, 1.807) is 24.3 Å². The van der Waals surface area contributed by atoms with E-state index in [4.69, 9.17) is 9.84 Å². The van der Waals surface area contributed by atoms with Crippen molar-refractivity contribution in [2.45, 2.75) is 25.8 Å². The van der Waals surface area contributed by atoms with E-state index in [0.29, 0.717) is 25.3 Å². The van der Waals surface area contributed by atoms with Crippen LogP contribution in [0.5, 0.6) is 0 Å². The van der Waals surface area contributed by atoms with Gasteiger partial charge in [0.1, 0.15) is 0 Å². The average molecular weight is 279 g/mol. The lowest BCUT2D eigenvalue weighted by Gasteiger charge is -2.16. The summed E-state index contributed by atoms with van der Waals surface area (Å²) in [5.41, 5.74) is 0.524. The molecule has 0 amide bonds. The first-order valence-electron chi connectivity index (χ1n) is 6.77. The van der Waals surface area contributed by atoms with Gasteiger partial charge < -0.3 is 15.2 Å². The van der Waals surface area contributed by atoms with Crippen LogP contribution >= 0.6 is 0 Å². The molecule has 0 spiro atoms. The van der Waals surface area contributed by atoms with Crippen LogP contribution < -0.4 is 5.32 Å². The summed E-state index contributed by atoms with van der Waals surface area (Å²) < 4.78 is 5.20. The molecular weight excluding hydrogens is 258 g/mol. The van der Waals surface area contributed by atoms with Gasteiger partial charge in [-0.15, -0.1) is 0 Å². The minimum absolute atomic E-state index is 0.190. The van der Waals surface area contributed by atoms with Crippen LogP contribution in [-0.4, -0.2) is 42.7 Å². The summed E-state index contributed by atoms with van der Waals surface area (Å²) in [7, 11) is 0. The largest absolute Gasteiger partial charge is 0.481 e. The maximum absolute atomic E-state index is 12.2. The van der Waals surface area contributed by atoms with E-state index >= 15 is 0 Å². The van der Waals surface area contributed by atoms with Gasteiger partial charge in [-0.1, -0.05) is 30.3 Å². The molecule has 1 aromatic rings. The van der Waals surface area contributed by atoms with E-state index < -0.39 is 12.0 Å². The van der Waals surface area contributed by atoms with E-state index in [-0.39, 0.29) is 12.2 Å². The number of ether oxygens (including phenoxy) is 1. The molecule has 0 bridgehead atoms. The first kappa shape index (κ1) is 16.3. The van der Waals surface area contributed by atoms with Crippen molar-refractivity contribution in [2.75, 3.05) is 19.8 Å². The monoisotopic (exact) mass is 279 g/mol. The number of nitrogens with one attached hydrogen (secondary N) is 1.